The number of halogens is 2. The van der Waals surface area contributed by atoms with Crippen molar-refractivity contribution in [3.63, 3.8) is 0 Å². The molecule has 2 aromatic carbocycles. The Kier molecular flexibility index (Phi) is 6.25. The van der Waals surface area contributed by atoms with Crippen LogP contribution < -0.4 is 5.63 Å². The molecule has 0 amide bonds. The van der Waals surface area contributed by atoms with Gasteiger partial charge in [-0.05, 0) is 0 Å². The van der Waals surface area contributed by atoms with Gasteiger partial charge in [0.05, 0.1) is 0 Å². The Balaban J connectivity index is 1.74. The Morgan fingerprint density at radius 2 is 0.931 bits per heavy atom. The molecule has 5 heteroatoms. The first-order valence-electron chi connectivity index (χ1n) is 9.61. The van der Waals surface area contributed by atoms with E-state index < -0.39 is 34.5 Å². The maximum absolute atomic E-state index is 12.9. The van der Waals surface area contributed by atoms with Gasteiger partial charge in [-0.3, -0.25) is 0 Å². The zero-order valence-corrected chi connectivity index (χ0v) is 18.3. The summed E-state index contributed by atoms with van der Waals surface area (Å²) < 4.78 is 39.4. The van der Waals surface area contributed by atoms with Gasteiger partial charge in [0.15, 0.2) is 0 Å². The Morgan fingerprint density at radius 3 is 1.24 bits per heavy atom. The number of hydrogen-bond donors (Lipinski definition) is 0. The average molecular weight is 472 g/mol. The molecule has 2 nitrogen and oxygen atoms in total. The van der Waals surface area contributed by atoms with Gasteiger partial charge >= 0.3 is 176 Å². The van der Waals surface area contributed by atoms with Crippen molar-refractivity contribution in [2.24, 2.45) is 0 Å². The number of rotatable bonds is 8. The molecule has 0 aliphatic heterocycles. The van der Waals surface area contributed by atoms with Gasteiger partial charge in [-0.25, -0.2) is 0 Å². The van der Waals surface area contributed by atoms with Crippen LogP contribution in [0.5, 0.6) is 11.5 Å². The van der Waals surface area contributed by atoms with Crippen LogP contribution in [0.3, 0.4) is 0 Å². The van der Waals surface area contributed by atoms with E-state index in [1.165, 1.54) is 0 Å². The van der Waals surface area contributed by atoms with Gasteiger partial charge in [0.2, 0.25) is 0 Å². The molecule has 2 aromatic rings. The van der Waals surface area contributed by atoms with Crippen molar-refractivity contribution in [1.29, 1.82) is 0 Å². The second-order valence-electron chi connectivity index (χ2n) is 7.07. The molecule has 29 heavy (non-hydrogen) atoms. The van der Waals surface area contributed by atoms with E-state index in [0.717, 1.165) is 0 Å². The van der Waals surface area contributed by atoms with Crippen LogP contribution in [0.15, 0.2) is 97.1 Å². The van der Waals surface area contributed by atoms with Crippen molar-refractivity contribution in [3.05, 3.63) is 108 Å². The minimum atomic E-state index is -3.98. The molecule has 0 atom stereocenters. The van der Waals surface area contributed by atoms with Crippen LogP contribution in [0.25, 0.3) is 0 Å². The second-order valence-corrected chi connectivity index (χ2v) is 14.9. The van der Waals surface area contributed by atoms with E-state index in [4.69, 9.17) is 5.63 Å². The summed E-state index contributed by atoms with van der Waals surface area (Å²) in [5.74, 6) is 1.36. The van der Waals surface area contributed by atoms with Crippen molar-refractivity contribution >= 4 is 0 Å². The van der Waals surface area contributed by atoms with Crippen molar-refractivity contribution in [1.82, 2.24) is 0 Å². The molecular formula is C24H22F2O2Zr. The summed E-state index contributed by atoms with van der Waals surface area (Å²) in [4.78, 5) is 0. The molecule has 0 aromatic heterocycles. The minimum absolute atomic E-state index is 0.0587. The van der Waals surface area contributed by atoms with Gasteiger partial charge in [0.1, 0.15) is 0 Å². The van der Waals surface area contributed by atoms with Crippen molar-refractivity contribution in [2.75, 3.05) is 0 Å². The maximum atomic E-state index is 12.9. The van der Waals surface area contributed by atoms with Gasteiger partial charge in [-0.2, -0.15) is 0 Å². The van der Waals surface area contributed by atoms with Crippen LogP contribution in [0, 0.1) is 0 Å². The third kappa shape index (κ3) is 4.35. The van der Waals surface area contributed by atoms with Gasteiger partial charge < -0.3 is 0 Å². The molecule has 0 spiro atoms. The van der Waals surface area contributed by atoms with Crippen LogP contribution in [0.2, 0.25) is 7.25 Å². The third-order valence-electron chi connectivity index (χ3n) is 5.14. The summed E-state index contributed by atoms with van der Waals surface area (Å²) in [7, 11) is 0. The Morgan fingerprint density at radius 1 is 0.586 bits per heavy atom. The van der Waals surface area contributed by atoms with E-state index in [0.29, 0.717) is 22.6 Å². The molecule has 0 saturated carbocycles. The summed E-state index contributed by atoms with van der Waals surface area (Å²) in [6.07, 6.45) is 16.6. The first-order chi connectivity index (χ1) is 14.2. The third-order valence-corrected chi connectivity index (χ3v) is 14.3. The van der Waals surface area contributed by atoms with Crippen LogP contribution >= 0.6 is 0 Å². The molecule has 0 heterocycles. The van der Waals surface area contributed by atoms with Crippen LogP contribution in [-0.2, 0) is 34.5 Å². The molecule has 0 fully saturated rings. The average Bonchev–Trinajstić information content (AvgIpc) is 3.49. The summed E-state index contributed by atoms with van der Waals surface area (Å²) in [5, 5.41) is 0. The first-order valence-corrected chi connectivity index (χ1v) is 14.5. The van der Waals surface area contributed by atoms with E-state index in [1.54, 1.807) is 48.5 Å². The van der Waals surface area contributed by atoms with Crippen LogP contribution in [-0.4, -0.2) is 0 Å². The molecule has 2 aliphatic carbocycles. The van der Waals surface area contributed by atoms with E-state index in [1.807, 2.05) is 24.3 Å². The molecule has 0 saturated heterocycles. The predicted octanol–water partition coefficient (Wildman–Crippen LogP) is 6.90. The molecule has 0 bridgehead atoms. The predicted molar refractivity (Wildman–Crippen MR) is 108 cm³/mol. The van der Waals surface area contributed by atoms with Crippen molar-refractivity contribution in [3.8, 4) is 11.5 Å². The topological polar surface area (TPSA) is 18.5 Å². The van der Waals surface area contributed by atoms with Crippen LogP contribution in [0.4, 0.5) is 8.78 Å². The van der Waals surface area contributed by atoms with Crippen molar-refractivity contribution in [2.45, 2.75) is 20.6 Å². The summed E-state index contributed by atoms with van der Waals surface area (Å²) in [5.41, 5.74) is 1.23. The second kappa shape index (κ2) is 9.04. The first kappa shape index (κ1) is 20.0. The molecular weight excluding hydrogens is 449 g/mol. The van der Waals surface area contributed by atoms with Gasteiger partial charge in [-0.15, -0.1) is 0 Å². The summed E-state index contributed by atoms with van der Waals surface area (Å²) in [6, 6.07) is 14.2. The molecule has 0 N–H and O–H groups in total. The van der Waals surface area contributed by atoms with E-state index in [-0.39, 0.29) is 7.25 Å². The van der Waals surface area contributed by atoms with E-state index >= 15 is 0 Å². The van der Waals surface area contributed by atoms with Gasteiger partial charge in [0.25, 0.3) is 0 Å². The van der Waals surface area contributed by atoms with E-state index in [2.05, 4.69) is 24.3 Å². The zero-order chi connectivity index (χ0) is 20.1. The van der Waals surface area contributed by atoms with Crippen LogP contribution in [0.1, 0.15) is 11.1 Å². The Labute approximate surface area is 175 Å². The summed E-state index contributed by atoms with van der Waals surface area (Å²) in [6.45, 7) is -1.01. The number of allylic oxidation sites excluding steroid dienone is 8. The molecule has 4 rings (SSSR count). The number of hydrogen-bond acceptors (Lipinski definition) is 2. The fourth-order valence-electron chi connectivity index (χ4n) is 3.58. The van der Waals surface area contributed by atoms with Crippen molar-refractivity contribution < 1.29 is 35.6 Å². The SMILES string of the molecule is FCc1ccc([O][Zr]([O]c2ccc(CF)cc2)([CH]2C=CC=C2)[CH]2C=CC=C2)cc1. The molecule has 0 radical (unpaired) electrons. The standard InChI is InChI=1S/2C7H7FO.2C5H5.Zr/c2*8-5-6-1-3-7(9)4-2-6;2*1-2-4-5-3-1;/h2*1-4,9H,5H2;2*1-5H;/q;;;;+2/p-2. The number of alkyl halides is 2. The van der Waals surface area contributed by atoms with Gasteiger partial charge in [-0.1, -0.05) is 0 Å². The van der Waals surface area contributed by atoms with Gasteiger partial charge in [0, 0.05) is 0 Å². The molecule has 148 valence electrons. The monoisotopic (exact) mass is 470 g/mol. The van der Waals surface area contributed by atoms with E-state index in [9.17, 15) is 8.78 Å². The molecule has 2 aliphatic rings. The Bertz CT molecular complexity index is 842. The normalized spacial score (nSPS) is 16.1. The fourth-order valence-corrected chi connectivity index (χ4v) is 12.3. The number of benzene rings is 2. The molecule has 0 unspecified atom stereocenters. The summed E-state index contributed by atoms with van der Waals surface area (Å²) >= 11 is -3.98. The fraction of sp³-hybridized carbons (Fsp3) is 0.167. The quantitative estimate of drug-likeness (QED) is 0.417. The Hall–Kier alpha value is -2.26. The zero-order valence-electron chi connectivity index (χ0n) is 15.9.